The molecule has 0 saturated carbocycles. The van der Waals surface area contributed by atoms with Gasteiger partial charge in [0.05, 0.1) is 6.04 Å². The molecule has 0 spiro atoms. The fourth-order valence-corrected chi connectivity index (χ4v) is 2.48. The molecule has 0 bridgehead atoms. The van der Waals surface area contributed by atoms with Crippen LogP contribution in [0.15, 0.2) is 36.4 Å². The second kappa shape index (κ2) is 7.32. The Morgan fingerprint density at radius 2 is 1.05 bits per heavy atom. The molecular weight excluding hydrogens is 274 g/mol. The van der Waals surface area contributed by atoms with Gasteiger partial charge >= 0.3 is 0 Å². The van der Waals surface area contributed by atoms with Crippen molar-refractivity contribution >= 4 is 0 Å². The van der Waals surface area contributed by atoms with Gasteiger partial charge in [-0.2, -0.15) is 0 Å². The lowest BCUT2D eigenvalue weighted by molar-refractivity contribution is 0.217. The Kier molecular flexibility index (Phi) is 5.45. The van der Waals surface area contributed by atoms with Crippen LogP contribution in [0.3, 0.4) is 0 Å². The number of hydrogen-bond donors (Lipinski definition) is 1. The predicted molar refractivity (Wildman–Crippen MR) is 90.8 cm³/mol. The van der Waals surface area contributed by atoms with E-state index in [1.54, 1.807) is 0 Å². The summed E-state index contributed by atoms with van der Waals surface area (Å²) in [4.78, 5) is 0. The van der Waals surface area contributed by atoms with Crippen LogP contribution >= 0.6 is 0 Å². The minimum absolute atomic E-state index is 0.169. The maximum atomic E-state index is 6.12. The molecule has 2 aromatic carbocycles. The third-order valence-corrected chi connectivity index (χ3v) is 3.70. The van der Waals surface area contributed by atoms with Gasteiger partial charge in [0.25, 0.3) is 0 Å². The zero-order chi connectivity index (χ0) is 16.1. The molecule has 0 aromatic heterocycles. The van der Waals surface area contributed by atoms with E-state index in [1.807, 2.05) is 64.1 Å². The molecule has 0 aliphatic carbocycles. The van der Waals surface area contributed by atoms with Gasteiger partial charge in [-0.15, -0.1) is 0 Å². The molecule has 0 unspecified atom stereocenters. The number of rotatable bonds is 6. The highest BCUT2D eigenvalue weighted by molar-refractivity contribution is 5.40. The average Bonchev–Trinajstić information content (AvgIpc) is 2.46. The molecule has 0 radical (unpaired) electrons. The van der Waals surface area contributed by atoms with Crippen LogP contribution in [0.4, 0.5) is 0 Å². The highest BCUT2D eigenvalue weighted by atomic mass is 16.5. The molecule has 2 N–H and O–H groups in total. The maximum Gasteiger partial charge on any atom is 0.125 e. The minimum atomic E-state index is -0.169. The predicted octanol–water partition coefficient (Wildman–Crippen LogP) is 3.71. The Balaban J connectivity index is 1.90. The summed E-state index contributed by atoms with van der Waals surface area (Å²) in [6, 6.07) is 12.1. The topological polar surface area (TPSA) is 44.5 Å². The Bertz CT molecular complexity index is 541. The van der Waals surface area contributed by atoms with Crippen molar-refractivity contribution in [2.45, 2.75) is 33.7 Å². The van der Waals surface area contributed by atoms with E-state index in [4.69, 9.17) is 15.2 Å². The van der Waals surface area contributed by atoms with Gasteiger partial charge in [-0.25, -0.2) is 0 Å². The Hall–Kier alpha value is -2.00. The molecule has 2 aromatic rings. The normalized spacial score (nSPS) is 10.8. The van der Waals surface area contributed by atoms with Gasteiger partial charge in [0.15, 0.2) is 0 Å². The summed E-state index contributed by atoms with van der Waals surface area (Å²) in [6.45, 7) is 9.05. The second-order valence-electron chi connectivity index (χ2n) is 5.82. The number of hydrogen-bond acceptors (Lipinski definition) is 3. The Morgan fingerprint density at radius 1 is 0.727 bits per heavy atom. The van der Waals surface area contributed by atoms with Gasteiger partial charge in [-0.05, 0) is 49.9 Å². The number of para-hydroxylation sites is 2. The fourth-order valence-electron chi connectivity index (χ4n) is 2.48. The van der Waals surface area contributed by atoms with E-state index in [0.717, 1.165) is 33.8 Å². The van der Waals surface area contributed by atoms with Gasteiger partial charge in [-0.1, -0.05) is 36.4 Å². The first-order valence-corrected chi connectivity index (χ1v) is 7.62. The van der Waals surface area contributed by atoms with E-state index in [1.165, 1.54) is 0 Å². The van der Waals surface area contributed by atoms with Crippen LogP contribution in [-0.2, 0) is 0 Å². The lowest BCUT2D eigenvalue weighted by Gasteiger charge is -2.18. The molecule has 0 aliphatic heterocycles. The van der Waals surface area contributed by atoms with Crippen molar-refractivity contribution in [3.8, 4) is 11.5 Å². The number of benzene rings is 2. The Morgan fingerprint density at radius 3 is 1.36 bits per heavy atom. The van der Waals surface area contributed by atoms with Gasteiger partial charge < -0.3 is 15.2 Å². The first-order chi connectivity index (χ1) is 10.5. The highest BCUT2D eigenvalue weighted by Crippen LogP contribution is 2.23. The van der Waals surface area contributed by atoms with Gasteiger partial charge in [0, 0.05) is 0 Å². The van der Waals surface area contributed by atoms with Gasteiger partial charge in [-0.3, -0.25) is 0 Å². The molecule has 0 amide bonds. The fraction of sp³-hybridized carbons (Fsp3) is 0.368. The van der Waals surface area contributed by atoms with Crippen molar-refractivity contribution in [3.05, 3.63) is 58.7 Å². The highest BCUT2D eigenvalue weighted by Gasteiger charge is 2.10. The van der Waals surface area contributed by atoms with Crippen molar-refractivity contribution in [2.75, 3.05) is 13.2 Å². The monoisotopic (exact) mass is 299 g/mol. The van der Waals surface area contributed by atoms with Crippen molar-refractivity contribution in [3.63, 3.8) is 0 Å². The van der Waals surface area contributed by atoms with Crippen molar-refractivity contribution in [1.29, 1.82) is 0 Å². The summed E-state index contributed by atoms with van der Waals surface area (Å²) in [5.74, 6) is 1.84. The zero-order valence-corrected chi connectivity index (χ0v) is 13.8. The van der Waals surface area contributed by atoms with Crippen LogP contribution in [-0.4, -0.2) is 19.3 Å². The summed E-state index contributed by atoms with van der Waals surface area (Å²) < 4.78 is 11.7. The largest absolute Gasteiger partial charge is 0.491 e. The van der Waals surface area contributed by atoms with E-state index in [0.29, 0.717) is 13.2 Å². The number of aryl methyl sites for hydroxylation is 4. The third-order valence-electron chi connectivity index (χ3n) is 3.70. The molecule has 0 fully saturated rings. The SMILES string of the molecule is Cc1cccc(C)c1OCC(N)COc1c(C)cccc1C. The van der Waals surface area contributed by atoms with Crippen LogP contribution in [0.2, 0.25) is 0 Å². The van der Waals surface area contributed by atoms with Gasteiger partial charge in [0.1, 0.15) is 24.7 Å². The summed E-state index contributed by atoms with van der Waals surface area (Å²) >= 11 is 0. The number of nitrogens with two attached hydrogens (primary N) is 1. The van der Waals surface area contributed by atoms with Crippen LogP contribution in [0, 0.1) is 27.7 Å². The first-order valence-electron chi connectivity index (χ1n) is 7.62. The summed E-state index contributed by atoms with van der Waals surface area (Å²) in [7, 11) is 0. The summed E-state index contributed by atoms with van der Waals surface area (Å²) in [6.07, 6.45) is 0. The number of ether oxygens (including phenoxy) is 2. The second-order valence-corrected chi connectivity index (χ2v) is 5.82. The van der Waals surface area contributed by atoms with E-state index in [9.17, 15) is 0 Å². The first kappa shape index (κ1) is 16.4. The molecule has 22 heavy (non-hydrogen) atoms. The van der Waals surface area contributed by atoms with E-state index in [2.05, 4.69) is 0 Å². The molecule has 3 heteroatoms. The molecule has 0 heterocycles. The third kappa shape index (κ3) is 4.01. The van der Waals surface area contributed by atoms with Crippen LogP contribution in [0.5, 0.6) is 11.5 Å². The molecule has 3 nitrogen and oxygen atoms in total. The van der Waals surface area contributed by atoms with Crippen LogP contribution in [0.1, 0.15) is 22.3 Å². The zero-order valence-electron chi connectivity index (χ0n) is 13.8. The quantitative estimate of drug-likeness (QED) is 0.884. The van der Waals surface area contributed by atoms with Crippen LogP contribution < -0.4 is 15.2 Å². The smallest absolute Gasteiger partial charge is 0.125 e. The van der Waals surface area contributed by atoms with E-state index < -0.39 is 0 Å². The van der Waals surface area contributed by atoms with Crippen LogP contribution in [0.25, 0.3) is 0 Å². The molecule has 0 saturated heterocycles. The molecule has 2 rings (SSSR count). The molecule has 118 valence electrons. The Labute approximate surface area is 133 Å². The van der Waals surface area contributed by atoms with Crippen molar-refractivity contribution < 1.29 is 9.47 Å². The van der Waals surface area contributed by atoms with E-state index >= 15 is 0 Å². The standard InChI is InChI=1S/C19H25NO2/c1-13-7-5-8-14(2)18(13)21-11-17(20)12-22-19-15(3)9-6-10-16(19)4/h5-10,17H,11-12,20H2,1-4H3. The minimum Gasteiger partial charge on any atom is -0.491 e. The van der Waals surface area contributed by atoms with Crippen molar-refractivity contribution in [1.82, 2.24) is 0 Å². The summed E-state index contributed by atoms with van der Waals surface area (Å²) in [5.41, 5.74) is 10.6. The molecular formula is C19H25NO2. The maximum absolute atomic E-state index is 6.12. The molecule has 0 aliphatic rings. The lowest BCUT2D eigenvalue weighted by Crippen LogP contribution is -2.34. The molecule has 0 atom stereocenters. The average molecular weight is 299 g/mol. The summed E-state index contributed by atoms with van der Waals surface area (Å²) in [5, 5.41) is 0. The van der Waals surface area contributed by atoms with E-state index in [-0.39, 0.29) is 6.04 Å². The van der Waals surface area contributed by atoms with Gasteiger partial charge in [0.2, 0.25) is 0 Å². The lowest BCUT2D eigenvalue weighted by atomic mass is 10.1. The van der Waals surface area contributed by atoms with Crippen molar-refractivity contribution in [2.24, 2.45) is 5.73 Å².